The molecule has 1 unspecified atom stereocenters. The van der Waals surface area contributed by atoms with Crippen LogP contribution in [-0.4, -0.2) is 73.4 Å². The zero-order valence-electron chi connectivity index (χ0n) is 10.0. The van der Waals surface area contributed by atoms with E-state index in [1.165, 1.54) is 9.80 Å². The molecule has 1 N–H and O–H groups in total. The van der Waals surface area contributed by atoms with Gasteiger partial charge in [0.15, 0.2) is 0 Å². The van der Waals surface area contributed by atoms with Gasteiger partial charge < -0.3 is 15.1 Å². The van der Waals surface area contributed by atoms with Crippen molar-refractivity contribution >= 4 is 23.6 Å². The van der Waals surface area contributed by atoms with Crippen LogP contribution in [0, 0.1) is 0 Å². The summed E-state index contributed by atoms with van der Waals surface area (Å²) in [6, 6.07) is -0.140. The molecule has 92 valence electrons. The summed E-state index contributed by atoms with van der Waals surface area (Å²) in [6.07, 6.45) is 0. The summed E-state index contributed by atoms with van der Waals surface area (Å²) in [5.41, 5.74) is 0. The smallest absolute Gasteiger partial charge is 0.241 e. The van der Waals surface area contributed by atoms with Crippen LogP contribution in [0.2, 0.25) is 0 Å². The Bertz CT molecular complexity index is 265. The minimum Gasteiger partial charge on any atom is -0.347 e. The quantitative estimate of drug-likeness (QED) is 0.710. The van der Waals surface area contributed by atoms with Gasteiger partial charge in [0.25, 0.3) is 0 Å². The first-order valence-corrected chi connectivity index (χ1v) is 6.44. The van der Waals surface area contributed by atoms with Crippen molar-refractivity contribution in [2.24, 2.45) is 0 Å². The standard InChI is InChI=1S/C10H19N3O2S/c1-12(2)9(14)6-13(3)10(15)8-7-16-5-4-11-8/h8,11H,4-7H2,1-3H3. The van der Waals surface area contributed by atoms with Crippen LogP contribution in [0.25, 0.3) is 0 Å². The number of nitrogens with zero attached hydrogens (tertiary/aromatic N) is 2. The highest BCUT2D eigenvalue weighted by Gasteiger charge is 2.25. The highest BCUT2D eigenvalue weighted by atomic mass is 32.2. The number of likely N-dealkylation sites (N-methyl/N-ethyl adjacent to an activating group) is 2. The van der Waals surface area contributed by atoms with E-state index in [0.717, 1.165) is 18.1 Å². The normalized spacial score (nSPS) is 20.3. The van der Waals surface area contributed by atoms with Gasteiger partial charge in [-0.3, -0.25) is 9.59 Å². The van der Waals surface area contributed by atoms with Crippen molar-refractivity contribution in [1.29, 1.82) is 0 Å². The van der Waals surface area contributed by atoms with Crippen LogP contribution in [0.3, 0.4) is 0 Å². The van der Waals surface area contributed by atoms with Gasteiger partial charge in [-0.25, -0.2) is 0 Å². The van der Waals surface area contributed by atoms with Gasteiger partial charge in [-0.2, -0.15) is 11.8 Å². The van der Waals surface area contributed by atoms with E-state index in [9.17, 15) is 9.59 Å². The molecular formula is C10H19N3O2S. The Hall–Kier alpha value is -0.750. The minimum atomic E-state index is -0.140. The monoisotopic (exact) mass is 245 g/mol. The number of thioether (sulfide) groups is 1. The Morgan fingerprint density at radius 3 is 2.56 bits per heavy atom. The molecule has 2 amide bonds. The molecule has 16 heavy (non-hydrogen) atoms. The van der Waals surface area contributed by atoms with Crippen LogP contribution < -0.4 is 5.32 Å². The first-order chi connectivity index (χ1) is 7.52. The SMILES string of the molecule is CN(C)C(=O)CN(C)C(=O)C1CSCCN1. The van der Waals surface area contributed by atoms with Crippen LogP contribution in [0.15, 0.2) is 0 Å². The Labute approximate surface area is 101 Å². The molecule has 0 aliphatic carbocycles. The fourth-order valence-electron chi connectivity index (χ4n) is 1.41. The number of rotatable bonds is 3. The first-order valence-electron chi connectivity index (χ1n) is 5.28. The van der Waals surface area contributed by atoms with Crippen molar-refractivity contribution in [1.82, 2.24) is 15.1 Å². The molecule has 0 aromatic carbocycles. The molecule has 1 saturated heterocycles. The van der Waals surface area contributed by atoms with Gasteiger partial charge in [-0.15, -0.1) is 0 Å². The summed E-state index contributed by atoms with van der Waals surface area (Å²) in [5.74, 6) is 1.78. The Morgan fingerprint density at radius 2 is 2.06 bits per heavy atom. The van der Waals surface area contributed by atoms with E-state index in [-0.39, 0.29) is 24.4 Å². The van der Waals surface area contributed by atoms with Crippen LogP contribution in [0.5, 0.6) is 0 Å². The molecule has 0 aromatic heterocycles. The van der Waals surface area contributed by atoms with Crippen molar-refractivity contribution in [2.75, 3.05) is 45.7 Å². The largest absolute Gasteiger partial charge is 0.347 e. The predicted molar refractivity (Wildman–Crippen MR) is 65.4 cm³/mol. The number of carbonyl (C=O) groups excluding carboxylic acids is 2. The van der Waals surface area contributed by atoms with E-state index in [4.69, 9.17) is 0 Å². The summed E-state index contributed by atoms with van der Waals surface area (Å²) in [7, 11) is 5.05. The molecule has 0 bridgehead atoms. The lowest BCUT2D eigenvalue weighted by molar-refractivity contribution is -0.138. The van der Waals surface area contributed by atoms with E-state index in [2.05, 4.69) is 5.32 Å². The Balaban J connectivity index is 2.43. The van der Waals surface area contributed by atoms with Gasteiger partial charge in [0.05, 0.1) is 12.6 Å². The zero-order chi connectivity index (χ0) is 12.1. The molecule has 1 aliphatic rings. The maximum atomic E-state index is 11.9. The van der Waals surface area contributed by atoms with Gasteiger partial charge in [0, 0.05) is 39.2 Å². The fourth-order valence-corrected chi connectivity index (χ4v) is 2.34. The maximum Gasteiger partial charge on any atom is 0.241 e. The third-order valence-electron chi connectivity index (χ3n) is 2.47. The molecule has 1 aliphatic heterocycles. The lowest BCUT2D eigenvalue weighted by Crippen LogP contribution is -2.51. The van der Waals surface area contributed by atoms with E-state index in [1.54, 1.807) is 32.9 Å². The molecule has 0 radical (unpaired) electrons. The molecule has 1 atom stereocenters. The Kier molecular flexibility index (Phi) is 5.08. The number of amides is 2. The van der Waals surface area contributed by atoms with Gasteiger partial charge in [0.1, 0.15) is 0 Å². The lowest BCUT2D eigenvalue weighted by atomic mass is 10.3. The van der Waals surface area contributed by atoms with Crippen LogP contribution in [0.1, 0.15) is 0 Å². The summed E-state index contributed by atoms with van der Waals surface area (Å²) < 4.78 is 0. The second-order valence-electron chi connectivity index (χ2n) is 4.06. The number of hydrogen-bond acceptors (Lipinski definition) is 4. The van der Waals surface area contributed by atoms with Gasteiger partial charge in [-0.1, -0.05) is 0 Å². The summed E-state index contributed by atoms with van der Waals surface area (Å²) in [4.78, 5) is 26.4. The molecule has 6 heteroatoms. The average molecular weight is 245 g/mol. The average Bonchev–Trinajstić information content (AvgIpc) is 2.28. The van der Waals surface area contributed by atoms with Crippen LogP contribution in [0.4, 0.5) is 0 Å². The lowest BCUT2D eigenvalue weighted by Gasteiger charge is -2.27. The second kappa shape index (κ2) is 6.10. The van der Waals surface area contributed by atoms with Crippen molar-refractivity contribution in [3.8, 4) is 0 Å². The van der Waals surface area contributed by atoms with Gasteiger partial charge in [-0.05, 0) is 0 Å². The molecule has 1 fully saturated rings. The van der Waals surface area contributed by atoms with Gasteiger partial charge >= 0.3 is 0 Å². The molecule has 1 rings (SSSR count). The van der Waals surface area contributed by atoms with E-state index >= 15 is 0 Å². The maximum absolute atomic E-state index is 11.9. The molecule has 0 saturated carbocycles. The minimum absolute atomic E-state index is 0.00222. The van der Waals surface area contributed by atoms with Crippen molar-refractivity contribution < 1.29 is 9.59 Å². The second-order valence-corrected chi connectivity index (χ2v) is 5.21. The predicted octanol–water partition coefficient (Wildman–Crippen LogP) is -0.762. The van der Waals surface area contributed by atoms with Crippen LogP contribution >= 0.6 is 11.8 Å². The van der Waals surface area contributed by atoms with E-state index < -0.39 is 0 Å². The van der Waals surface area contributed by atoms with E-state index in [0.29, 0.717) is 0 Å². The summed E-state index contributed by atoms with van der Waals surface area (Å²) >= 11 is 1.77. The van der Waals surface area contributed by atoms with Crippen molar-refractivity contribution in [3.63, 3.8) is 0 Å². The highest BCUT2D eigenvalue weighted by molar-refractivity contribution is 7.99. The zero-order valence-corrected chi connectivity index (χ0v) is 10.8. The van der Waals surface area contributed by atoms with Crippen LogP contribution in [-0.2, 0) is 9.59 Å². The third kappa shape index (κ3) is 3.68. The molecule has 1 heterocycles. The van der Waals surface area contributed by atoms with Gasteiger partial charge in [0.2, 0.25) is 11.8 Å². The number of carbonyl (C=O) groups is 2. The summed E-state index contributed by atoms with van der Waals surface area (Å²) in [5, 5.41) is 3.17. The first kappa shape index (κ1) is 13.3. The topological polar surface area (TPSA) is 52.7 Å². The third-order valence-corrected chi connectivity index (χ3v) is 3.53. The van der Waals surface area contributed by atoms with Crippen molar-refractivity contribution in [3.05, 3.63) is 0 Å². The van der Waals surface area contributed by atoms with E-state index in [1.807, 2.05) is 0 Å². The number of hydrogen-bond donors (Lipinski definition) is 1. The highest BCUT2D eigenvalue weighted by Crippen LogP contribution is 2.09. The molecule has 5 nitrogen and oxygen atoms in total. The fraction of sp³-hybridized carbons (Fsp3) is 0.800. The molecular weight excluding hydrogens is 226 g/mol. The Morgan fingerprint density at radius 1 is 1.38 bits per heavy atom. The molecule has 0 aromatic rings. The number of nitrogens with one attached hydrogen (secondary N) is 1. The van der Waals surface area contributed by atoms with Crippen molar-refractivity contribution in [2.45, 2.75) is 6.04 Å². The molecule has 0 spiro atoms. The summed E-state index contributed by atoms with van der Waals surface area (Å²) in [6.45, 7) is 1.01.